The maximum absolute atomic E-state index is 6.38. The summed E-state index contributed by atoms with van der Waals surface area (Å²) < 4.78 is 0. The number of likely N-dealkylation sites (tertiary alicyclic amines) is 1. The van der Waals surface area contributed by atoms with Gasteiger partial charge in [-0.1, -0.05) is 59.7 Å². The summed E-state index contributed by atoms with van der Waals surface area (Å²) in [6, 6.07) is 6.38. The summed E-state index contributed by atoms with van der Waals surface area (Å²) in [6.45, 7) is 19.9. The van der Waals surface area contributed by atoms with E-state index in [9.17, 15) is 0 Å². The molecular weight excluding hydrogens is 330 g/mol. The Morgan fingerprint density at radius 3 is 2.48 bits per heavy atom. The van der Waals surface area contributed by atoms with Gasteiger partial charge in [-0.3, -0.25) is 0 Å². The van der Waals surface area contributed by atoms with E-state index in [1.54, 1.807) is 0 Å². The zero-order valence-corrected chi connectivity index (χ0v) is 17.2. The third-order valence-electron chi connectivity index (χ3n) is 4.52. The van der Waals surface area contributed by atoms with Crippen LogP contribution in [-0.4, -0.2) is 23.0 Å². The Labute approximate surface area is 157 Å². The van der Waals surface area contributed by atoms with Gasteiger partial charge in [0.05, 0.1) is 12.4 Å². The van der Waals surface area contributed by atoms with Crippen LogP contribution in [0.25, 0.3) is 10.9 Å². The standard InChI is InChI=1S/C19H26ClN3.C2H6/c1-12(2)16-8-18-14(7-17(16)20)6-15(22-18)9-21-13(3)23-10-19(4,5)11-23;1-2/h6-8,12,21-22H,3,9-11H2,1-2,4-5H3;1-2H3. The minimum atomic E-state index is 0.412. The molecule has 1 saturated heterocycles. The SMILES string of the molecule is C=C(NCc1cc2cc(Cl)c(C(C)C)cc2[nH]1)N1CC(C)(C)C1.CC. The number of nitrogens with zero attached hydrogens (tertiary/aromatic N) is 1. The van der Waals surface area contributed by atoms with Gasteiger partial charge in [-0.2, -0.15) is 0 Å². The molecule has 0 radical (unpaired) electrons. The summed E-state index contributed by atoms with van der Waals surface area (Å²) in [5.41, 5.74) is 3.90. The average molecular weight is 362 g/mol. The first-order valence-corrected chi connectivity index (χ1v) is 9.62. The highest BCUT2D eigenvalue weighted by molar-refractivity contribution is 6.32. The van der Waals surface area contributed by atoms with Crippen LogP contribution in [0.2, 0.25) is 5.02 Å². The number of aromatic nitrogens is 1. The minimum Gasteiger partial charge on any atom is -0.367 e. The molecule has 3 rings (SSSR count). The molecule has 4 heteroatoms. The van der Waals surface area contributed by atoms with E-state index >= 15 is 0 Å². The van der Waals surface area contributed by atoms with Gasteiger partial charge in [-0.25, -0.2) is 0 Å². The first-order valence-electron chi connectivity index (χ1n) is 9.24. The van der Waals surface area contributed by atoms with Gasteiger partial charge in [0.25, 0.3) is 0 Å². The summed E-state index contributed by atoms with van der Waals surface area (Å²) in [6.07, 6.45) is 0. The van der Waals surface area contributed by atoms with Crippen molar-refractivity contribution >= 4 is 22.5 Å². The van der Waals surface area contributed by atoms with Crippen LogP contribution in [0, 0.1) is 5.41 Å². The van der Waals surface area contributed by atoms with Gasteiger partial charge in [0.1, 0.15) is 0 Å². The molecule has 0 bridgehead atoms. The van der Waals surface area contributed by atoms with Crippen LogP contribution in [-0.2, 0) is 6.54 Å². The summed E-state index contributed by atoms with van der Waals surface area (Å²) in [4.78, 5) is 5.77. The molecule has 1 aliphatic rings. The van der Waals surface area contributed by atoms with E-state index in [1.807, 2.05) is 13.8 Å². The molecule has 2 N–H and O–H groups in total. The highest BCUT2D eigenvalue weighted by atomic mass is 35.5. The Bertz CT molecular complexity index is 735. The lowest BCUT2D eigenvalue weighted by molar-refractivity contribution is 0.0571. The number of H-pyrrole nitrogens is 1. The molecule has 0 unspecified atom stereocenters. The van der Waals surface area contributed by atoms with Crippen molar-refractivity contribution in [1.82, 2.24) is 15.2 Å². The minimum absolute atomic E-state index is 0.412. The van der Waals surface area contributed by atoms with Crippen LogP contribution in [0.5, 0.6) is 0 Å². The molecule has 0 spiro atoms. The quantitative estimate of drug-likeness (QED) is 0.697. The van der Waals surface area contributed by atoms with Crippen molar-refractivity contribution in [3.63, 3.8) is 0 Å². The van der Waals surface area contributed by atoms with Crippen molar-refractivity contribution in [3.8, 4) is 0 Å². The van der Waals surface area contributed by atoms with Crippen molar-refractivity contribution in [2.45, 2.75) is 54.0 Å². The number of fused-ring (bicyclic) bond motifs is 1. The Kier molecular flexibility index (Phi) is 6.10. The van der Waals surface area contributed by atoms with E-state index in [0.717, 1.165) is 47.1 Å². The molecule has 25 heavy (non-hydrogen) atoms. The lowest BCUT2D eigenvalue weighted by Crippen LogP contribution is -2.53. The van der Waals surface area contributed by atoms with E-state index in [0.29, 0.717) is 11.3 Å². The normalized spacial score (nSPS) is 15.6. The van der Waals surface area contributed by atoms with E-state index in [2.05, 4.69) is 67.7 Å². The second-order valence-electron chi connectivity index (χ2n) is 7.73. The fraction of sp³-hybridized carbons (Fsp3) is 0.524. The number of nitrogens with one attached hydrogen (secondary N) is 2. The second kappa shape index (κ2) is 7.74. The Morgan fingerprint density at radius 2 is 1.92 bits per heavy atom. The number of rotatable bonds is 5. The maximum atomic E-state index is 6.38. The molecule has 0 aliphatic carbocycles. The smallest absolute Gasteiger partial charge is 0.0942 e. The summed E-state index contributed by atoms with van der Waals surface area (Å²) in [7, 11) is 0. The van der Waals surface area contributed by atoms with Gasteiger partial charge in [0.15, 0.2) is 0 Å². The predicted octanol–water partition coefficient (Wildman–Crippen LogP) is 5.87. The molecule has 0 saturated carbocycles. The molecule has 0 amide bonds. The fourth-order valence-electron chi connectivity index (χ4n) is 3.25. The Balaban J connectivity index is 0.00000109. The zero-order chi connectivity index (χ0) is 18.8. The number of benzene rings is 1. The van der Waals surface area contributed by atoms with Crippen molar-refractivity contribution in [2.24, 2.45) is 5.41 Å². The third-order valence-corrected chi connectivity index (χ3v) is 4.85. The van der Waals surface area contributed by atoms with Gasteiger partial charge in [0, 0.05) is 34.7 Å². The van der Waals surface area contributed by atoms with Gasteiger partial charge >= 0.3 is 0 Å². The highest BCUT2D eigenvalue weighted by Gasteiger charge is 2.34. The Hall–Kier alpha value is -1.61. The van der Waals surface area contributed by atoms with E-state index in [4.69, 9.17) is 11.6 Å². The van der Waals surface area contributed by atoms with Crippen LogP contribution in [0.15, 0.2) is 30.6 Å². The summed E-state index contributed by atoms with van der Waals surface area (Å²) in [5.74, 6) is 1.43. The van der Waals surface area contributed by atoms with Crippen LogP contribution in [0.4, 0.5) is 0 Å². The van der Waals surface area contributed by atoms with E-state index in [1.165, 1.54) is 5.56 Å². The molecule has 2 aromatic rings. The van der Waals surface area contributed by atoms with Gasteiger partial charge in [0.2, 0.25) is 0 Å². The maximum Gasteiger partial charge on any atom is 0.0942 e. The monoisotopic (exact) mass is 361 g/mol. The third kappa shape index (κ3) is 4.52. The van der Waals surface area contributed by atoms with Crippen molar-refractivity contribution < 1.29 is 0 Å². The van der Waals surface area contributed by atoms with Crippen LogP contribution < -0.4 is 5.32 Å². The molecular formula is C21H32ClN3. The molecule has 2 heterocycles. The van der Waals surface area contributed by atoms with Crippen molar-refractivity contribution in [3.05, 3.63) is 46.9 Å². The Morgan fingerprint density at radius 1 is 1.28 bits per heavy atom. The highest BCUT2D eigenvalue weighted by Crippen LogP contribution is 2.31. The largest absolute Gasteiger partial charge is 0.367 e. The van der Waals surface area contributed by atoms with Crippen LogP contribution >= 0.6 is 11.6 Å². The molecule has 1 aromatic carbocycles. The van der Waals surface area contributed by atoms with Crippen LogP contribution in [0.3, 0.4) is 0 Å². The zero-order valence-electron chi connectivity index (χ0n) is 16.5. The molecule has 0 atom stereocenters. The average Bonchev–Trinajstić information content (AvgIpc) is 2.92. The van der Waals surface area contributed by atoms with Crippen molar-refractivity contribution in [1.29, 1.82) is 0 Å². The van der Waals surface area contributed by atoms with E-state index < -0.39 is 0 Å². The number of hydrogen-bond acceptors (Lipinski definition) is 2. The molecule has 1 fully saturated rings. The van der Waals surface area contributed by atoms with E-state index in [-0.39, 0.29) is 0 Å². The summed E-state index contributed by atoms with van der Waals surface area (Å²) in [5, 5.41) is 5.42. The van der Waals surface area contributed by atoms with Gasteiger partial charge < -0.3 is 15.2 Å². The first-order chi connectivity index (χ1) is 11.7. The van der Waals surface area contributed by atoms with Gasteiger partial charge in [-0.05, 0) is 35.1 Å². The topological polar surface area (TPSA) is 31.1 Å². The first kappa shape index (κ1) is 19.7. The molecule has 1 aliphatic heterocycles. The number of aromatic amines is 1. The second-order valence-corrected chi connectivity index (χ2v) is 8.14. The lowest BCUT2D eigenvalue weighted by Gasteiger charge is -2.48. The van der Waals surface area contributed by atoms with Crippen molar-refractivity contribution in [2.75, 3.05) is 13.1 Å². The summed E-state index contributed by atoms with van der Waals surface area (Å²) >= 11 is 6.38. The van der Waals surface area contributed by atoms with Crippen LogP contribution in [0.1, 0.15) is 58.7 Å². The molecule has 3 nitrogen and oxygen atoms in total. The number of halogens is 1. The predicted molar refractivity (Wildman–Crippen MR) is 110 cm³/mol. The number of hydrogen-bond donors (Lipinski definition) is 2. The lowest BCUT2D eigenvalue weighted by atomic mass is 9.84. The molecule has 1 aromatic heterocycles. The van der Waals surface area contributed by atoms with Gasteiger partial charge in [-0.15, -0.1) is 0 Å². The fourth-order valence-corrected chi connectivity index (χ4v) is 3.64. The molecule has 138 valence electrons.